The predicted octanol–water partition coefficient (Wildman–Crippen LogP) is 0.640. The molecule has 0 atom stereocenters. The van der Waals surface area contributed by atoms with Crippen LogP contribution in [-0.4, -0.2) is 53.2 Å². The molecule has 0 fully saturated rings. The van der Waals surface area contributed by atoms with Gasteiger partial charge in [-0.15, -0.1) is 5.10 Å². The number of hydrogen-bond acceptors (Lipinski definition) is 6. The largest absolute Gasteiger partial charge is 0.351 e. The molecule has 11 heteroatoms. The molecule has 1 heterocycles. The van der Waals surface area contributed by atoms with Crippen molar-refractivity contribution in [2.24, 2.45) is 0 Å². The minimum Gasteiger partial charge on any atom is -0.351 e. The maximum Gasteiger partial charge on any atom is 0.343 e. The van der Waals surface area contributed by atoms with Crippen molar-refractivity contribution in [2.45, 2.75) is 36.5 Å². The van der Waals surface area contributed by atoms with Gasteiger partial charge in [0, 0.05) is 27.2 Å². The van der Waals surface area contributed by atoms with Crippen LogP contribution >= 0.6 is 11.8 Å². The van der Waals surface area contributed by atoms with Gasteiger partial charge in [0.05, 0.1) is 10.6 Å². The molecule has 2 aromatic rings. The first kappa shape index (κ1) is 21.2. The van der Waals surface area contributed by atoms with Gasteiger partial charge in [0.25, 0.3) is 0 Å². The maximum absolute atomic E-state index is 12.4. The summed E-state index contributed by atoms with van der Waals surface area (Å²) in [5.41, 5.74) is 0.204. The molecule has 0 aliphatic heterocycles. The van der Waals surface area contributed by atoms with Gasteiger partial charge in [-0.3, -0.25) is 9.36 Å². The lowest BCUT2D eigenvalue weighted by atomic mass is 10.2. The van der Waals surface area contributed by atoms with Crippen molar-refractivity contribution in [1.82, 2.24) is 24.4 Å². The van der Waals surface area contributed by atoms with Crippen molar-refractivity contribution in [2.75, 3.05) is 19.8 Å². The molecular weight excluding hydrogens is 390 g/mol. The summed E-state index contributed by atoms with van der Waals surface area (Å²) >= 11 is 1.15. The van der Waals surface area contributed by atoms with E-state index in [9.17, 15) is 18.0 Å². The minimum absolute atomic E-state index is 0.0661. The van der Waals surface area contributed by atoms with Gasteiger partial charge < -0.3 is 5.32 Å². The van der Waals surface area contributed by atoms with E-state index < -0.39 is 10.0 Å². The van der Waals surface area contributed by atoms with Crippen LogP contribution in [0, 0.1) is 0 Å². The second-order valence-corrected chi connectivity index (χ2v) is 8.99. The molecule has 1 aromatic carbocycles. The van der Waals surface area contributed by atoms with E-state index >= 15 is 0 Å². The second-order valence-electron chi connectivity index (χ2n) is 5.92. The van der Waals surface area contributed by atoms with Crippen molar-refractivity contribution in [1.29, 1.82) is 0 Å². The lowest BCUT2D eigenvalue weighted by molar-refractivity contribution is -0.118. The topological polar surface area (TPSA) is 117 Å². The molecule has 0 unspecified atom stereocenters. The Balaban J connectivity index is 2.00. The fourth-order valence-electron chi connectivity index (χ4n) is 2.31. The number of amides is 1. The standard InChI is InChI=1S/C16H23N5O4S2/c1-4-9-21-15(23)18-19-16(21)26-11-14(22)17-10-12-7-5-6-8-13(12)27(24,25)20(2)3/h5-8H,4,9-11H2,1-3H3,(H,17,22)(H,18,23). The monoisotopic (exact) mass is 413 g/mol. The predicted molar refractivity (Wildman–Crippen MR) is 103 cm³/mol. The number of carbonyl (C=O) groups excluding carboxylic acids is 1. The number of carbonyl (C=O) groups is 1. The first-order valence-corrected chi connectivity index (χ1v) is 10.7. The van der Waals surface area contributed by atoms with Crippen LogP contribution in [0.3, 0.4) is 0 Å². The number of thioether (sulfide) groups is 1. The Labute approximate surface area is 162 Å². The summed E-state index contributed by atoms with van der Waals surface area (Å²) in [6, 6.07) is 6.54. The Hall–Kier alpha value is -2.11. The highest BCUT2D eigenvalue weighted by Crippen LogP contribution is 2.18. The Morgan fingerprint density at radius 3 is 2.70 bits per heavy atom. The average Bonchev–Trinajstić information content (AvgIpc) is 2.98. The van der Waals surface area contributed by atoms with E-state index in [2.05, 4.69) is 15.5 Å². The quantitative estimate of drug-likeness (QED) is 0.583. The Morgan fingerprint density at radius 1 is 1.33 bits per heavy atom. The number of aromatic nitrogens is 3. The van der Waals surface area contributed by atoms with Crippen molar-refractivity contribution in [3.8, 4) is 0 Å². The Bertz CT molecular complexity index is 950. The van der Waals surface area contributed by atoms with E-state index in [-0.39, 0.29) is 28.8 Å². The van der Waals surface area contributed by atoms with E-state index in [0.29, 0.717) is 17.3 Å². The number of H-pyrrole nitrogens is 1. The van der Waals surface area contributed by atoms with Crippen molar-refractivity contribution in [3.05, 3.63) is 40.3 Å². The third kappa shape index (κ3) is 5.21. The third-order valence-corrected chi connectivity index (χ3v) is 6.60. The van der Waals surface area contributed by atoms with Crippen LogP contribution in [-0.2, 0) is 27.9 Å². The smallest absolute Gasteiger partial charge is 0.343 e. The van der Waals surface area contributed by atoms with Gasteiger partial charge in [-0.1, -0.05) is 36.9 Å². The fourth-order valence-corrected chi connectivity index (χ4v) is 4.23. The molecule has 0 saturated heterocycles. The number of rotatable bonds is 9. The van der Waals surface area contributed by atoms with Crippen molar-refractivity contribution >= 4 is 27.7 Å². The summed E-state index contributed by atoms with van der Waals surface area (Å²) in [5.74, 6) is -0.216. The molecule has 2 rings (SSSR count). The third-order valence-electron chi connectivity index (χ3n) is 3.71. The zero-order valence-corrected chi connectivity index (χ0v) is 17.1. The van der Waals surface area contributed by atoms with Gasteiger partial charge in [0.15, 0.2) is 5.16 Å². The molecule has 1 aromatic heterocycles. The van der Waals surface area contributed by atoms with Gasteiger partial charge in [-0.25, -0.2) is 22.6 Å². The SMILES string of the molecule is CCCn1c(SCC(=O)NCc2ccccc2S(=O)(=O)N(C)C)n[nH]c1=O. The zero-order valence-electron chi connectivity index (χ0n) is 15.4. The van der Waals surface area contributed by atoms with Gasteiger partial charge in [-0.05, 0) is 18.1 Å². The second kappa shape index (κ2) is 9.20. The molecule has 9 nitrogen and oxygen atoms in total. The zero-order chi connectivity index (χ0) is 20.0. The molecule has 1 amide bonds. The van der Waals surface area contributed by atoms with Gasteiger partial charge in [0.2, 0.25) is 15.9 Å². The minimum atomic E-state index is -3.60. The summed E-state index contributed by atoms with van der Waals surface area (Å²) in [6.45, 7) is 2.56. The van der Waals surface area contributed by atoms with E-state index in [1.54, 1.807) is 18.2 Å². The lowest BCUT2D eigenvalue weighted by Crippen LogP contribution is -2.28. The Kier molecular flexibility index (Phi) is 7.22. The number of nitrogens with zero attached hydrogens (tertiary/aromatic N) is 3. The number of aromatic amines is 1. The van der Waals surface area contributed by atoms with Crippen molar-refractivity contribution < 1.29 is 13.2 Å². The first-order valence-electron chi connectivity index (χ1n) is 8.32. The maximum atomic E-state index is 12.4. The number of nitrogens with one attached hydrogen (secondary N) is 2. The molecule has 0 radical (unpaired) electrons. The molecule has 27 heavy (non-hydrogen) atoms. The van der Waals surface area contributed by atoms with E-state index in [1.165, 1.54) is 24.7 Å². The van der Waals surface area contributed by atoms with Crippen LogP contribution in [0.25, 0.3) is 0 Å². The summed E-state index contributed by atoms with van der Waals surface area (Å²) < 4.78 is 27.4. The molecule has 148 valence electrons. The average molecular weight is 414 g/mol. The van der Waals surface area contributed by atoms with Crippen LogP contribution in [0.1, 0.15) is 18.9 Å². The van der Waals surface area contributed by atoms with E-state index in [1.807, 2.05) is 6.92 Å². The summed E-state index contributed by atoms with van der Waals surface area (Å²) in [4.78, 5) is 23.9. The molecular formula is C16H23N5O4S2. The van der Waals surface area contributed by atoms with Crippen molar-refractivity contribution in [3.63, 3.8) is 0 Å². The summed E-state index contributed by atoms with van der Waals surface area (Å²) in [7, 11) is -0.677. The van der Waals surface area contributed by atoms with E-state index in [4.69, 9.17) is 0 Å². The van der Waals surface area contributed by atoms with Gasteiger partial charge >= 0.3 is 5.69 Å². The molecule has 0 bridgehead atoms. The molecule has 0 saturated carbocycles. The number of hydrogen-bond donors (Lipinski definition) is 2. The summed E-state index contributed by atoms with van der Waals surface area (Å²) in [6.07, 6.45) is 0.774. The van der Waals surface area contributed by atoms with Crippen LogP contribution in [0.5, 0.6) is 0 Å². The highest BCUT2D eigenvalue weighted by Gasteiger charge is 2.21. The first-order chi connectivity index (χ1) is 12.8. The van der Waals surface area contributed by atoms with Crippen LogP contribution in [0.15, 0.2) is 39.1 Å². The molecule has 2 N–H and O–H groups in total. The number of sulfonamides is 1. The van der Waals surface area contributed by atoms with Gasteiger partial charge in [-0.2, -0.15) is 0 Å². The Morgan fingerprint density at radius 2 is 2.04 bits per heavy atom. The molecule has 0 aliphatic rings. The van der Waals surface area contributed by atoms with Crippen LogP contribution in [0.2, 0.25) is 0 Å². The van der Waals surface area contributed by atoms with Gasteiger partial charge in [0.1, 0.15) is 0 Å². The lowest BCUT2D eigenvalue weighted by Gasteiger charge is -2.15. The number of benzene rings is 1. The van der Waals surface area contributed by atoms with Crippen LogP contribution in [0.4, 0.5) is 0 Å². The highest BCUT2D eigenvalue weighted by molar-refractivity contribution is 7.99. The van der Waals surface area contributed by atoms with Crippen LogP contribution < -0.4 is 11.0 Å². The molecule has 0 aliphatic carbocycles. The highest BCUT2D eigenvalue weighted by atomic mass is 32.2. The normalized spacial score (nSPS) is 11.7. The molecule has 0 spiro atoms. The summed E-state index contributed by atoms with van der Waals surface area (Å²) in [5, 5.41) is 9.45. The fraction of sp³-hybridized carbons (Fsp3) is 0.438. The van der Waals surface area contributed by atoms with E-state index in [0.717, 1.165) is 22.5 Å².